The molecule has 0 amide bonds. The number of rotatable bonds is 1. The van der Waals surface area contributed by atoms with Gasteiger partial charge in [0.1, 0.15) is 33.3 Å². The molecule has 0 aliphatic heterocycles. The van der Waals surface area contributed by atoms with Gasteiger partial charge in [-0.2, -0.15) is 8.80 Å². The van der Waals surface area contributed by atoms with Crippen LogP contribution >= 0.6 is 0 Å². The summed E-state index contributed by atoms with van der Waals surface area (Å²) in [5, 5.41) is 1.13. The molecule has 6 aromatic rings. The van der Waals surface area contributed by atoms with Crippen molar-refractivity contribution in [1.29, 1.82) is 0 Å². The zero-order valence-electron chi connectivity index (χ0n) is 16.0. The topological polar surface area (TPSA) is 34.8 Å². The van der Waals surface area contributed by atoms with Crippen molar-refractivity contribution in [2.75, 3.05) is 7.11 Å². The molecule has 0 N–H and O–H groups in total. The molecule has 3 heterocycles. The second kappa shape index (κ2) is 5.23. The molecule has 5 heteroatoms. The fourth-order valence-corrected chi connectivity index (χ4v) is 4.55. The smallest absolute Gasteiger partial charge is 0.377 e. The molecule has 0 bridgehead atoms. The van der Waals surface area contributed by atoms with E-state index in [-0.39, 0.29) is 0 Å². The van der Waals surface area contributed by atoms with Crippen LogP contribution in [0.25, 0.3) is 44.4 Å². The summed E-state index contributed by atoms with van der Waals surface area (Å²) in [4.78, 5) is 5.02. The lowest BCUT2D eigenvalue weighted by Crippen LogP contribution is -2.29. The molecule has 3 aromatic heterocycles. The first-order valence-corrected chi connectivity index (χ1v) is 9.36. The number of nitrogens with zero attached hydrogens (tertiary/aromatic N) is 4. The molecular formula is C23H19N4O+. The van der Waals surface area contributed by atoms with Gasteiger partial charge in [-0.3, -0.25) is 0 Å². The van der Waals surface area contributed by atoms with Crippen LogP contribution in [0.4, 0.5) is 0 Å². The molecular weight excluding hydrogens is 348 g/mol. The van der Waals surface area contributed by atoms with Gasteiger partial charge in [0, 0.05) is 5.56 Å². The summed E-state index contributed by atoms with van der Waals surface area (Å²) in [5.41, 5.74) is 7.64. The van der Waals surface area contributed by atoms with E-state index in [0.717, 1.165) is 44.7 Å². The monoisotopic (exact) mass is 367 g/mol. The highest BCUT2D eigenvalue weighted by Crippen LogP contribution is 2.33. The van der Waals surface area contributed by atoms with Crippen LogP contribution in [0.3, 0.4) is 0 Å². The Morgan fingerprint density at radius 3 is 2.46 bits per heavy atom. The molecule has 0 aliphatic carbocycles. The summed E-state index contributed by atoms with van der Waals surface area (Å²) < 4.78 is 12.5. The van der Waals surface area contributed by atoms with Gasteiger partial charge in [-0.15, -0.1) is 0 Å². The summed E-state index contributed by atoms with van der Waals surface area (Å²) in [6.45, 7) is 2.10. The molecule has 0 saturated heterocycles. The predicted molar refractivity (Wildman–Crippen MR) is 111 cm³/mol. The number of aromatic nitrogens is 4. The van der Waals surface area contributed by atoms with Crippen molar-refractivity contribution >= 4 is 44.4 Å². The van der Waals surface area contributed by atoms with Crippen molar-refractivity contribution in [3.05, 3.63) is 66.2 Å². The number of imidazole rings is 2. The van der Waals surface area contributed by atoms with E-state index in [1.807, 2.05) is 12.1 Å². The Balaban J connectivity index is 2.06. The highest BCUT2D eigenvalue weighted by Gasteiger charge is 2.26. The Morgan fingerprint density at radius 2 is 1.64 bits per heavy atom. The normalized spacial score (nSPS) is 12.1. The van der Waals surface area contributed by atoms with Gasteiger partial charge in [-0.05, 0) is 43.3 Å². The van der Waals surface area contributed by atoms with Crippen LogP contribution in [-0.2, 0) is 7.05 Å². The van der Waals surface area contributed by atoms with E-state index in [4.69, 9.17) is 9.72 Å². The molecule has 0 aliphatic rings. The number of hydrogen-bond acceptors (Lipinski definition) is 2. The lowest BCUT2D eigenvalue weighted by molar-refractivity contribution is -0.620. The number of para-hydroxylation sites is 3. The molecule has 136 valence electrons. The van der Waals surface area contributed by atoms with Gasteiger partial charge in [-0.1, -0.05) is 24.3 Å². The summed E-state index contributed by atoms with van der Waals surface area (Å²) in [6, 6.07) is 21.0. The van der Waals surface area contributed by atoms with Crippen LogP contribution < -0.4 is 9.30 Å². The van der Waals surface area contributed by atoms with Crippen molar-refractivity contribution in [3.8, 4) is 5.75 Å². The van der Waals surface area contributed by atoms with Gasteiger partial charge in [0.25, 0.3) is 0 Å². The fourth-order valence-electron chi connectivity index (χ4n) is 4.55. The van der Waals surface area contributed by atoms with Gasteiger partial charge in [0.2, 0.25) is 5.65 Å². The van der Waals surface area contributed by atoms with Crippen molar-refractivity contribution in [3.63, 3.8) is 0 Å². The third kappa shape index (κ3) is 1.71. The first-order valence-electron chi connectivity index (χ1n) is 9.36. The molecule has 0 spiro atoms. The zero-order chi connectivity index (χ0) is 19.0. The molecule has 0 unspecified atom stereocenters. The molecule has 6 rings (SSSR count). The molecule has 5 nitrogen and oxygen atoms in total. The highest BCUT2D eigenvalue weighted by molar-refractivity contribution is 6.01. The molecule has 28 heavy (non-hydrogen) atoms. The first-order chi connectivity index (χ1) is 13.7. The summed E-state index contributed by atoms with van der Waals surface area (Å²) in [6.07, 6.45) is 0. The number of ether oxygens (including phenoxy) is 1. The van der Waals surface area contributed by atoms with Gasteiger partial charge in [-0.25, -0.2) is 9.55 Å². The average Bonchev–Trinajstić information content (AvgIpc) is 3.26. The van der Waals surface area contributed by atoms with Crippen LogP contribution in [0.15, 0.2) is 60.7 Å². The van der Waals surface area contributed by atoms with Crippen molar-refractivity contribution in [1.82, 2.24) is 13.8 Å². The minimum absolute atomic E-state index is 0.874. The third-order valence-corrected chi connectivity index (χ3v) is 5.81. The fraction of sp³-hybridized carbons (Fsp3) is 0.130. The van der Waals surface area contributed by atoms with E-state index in [9.17, 15) is 0 Å². The standard InChI is InChI=1S/C23H19N4O/c1-14-20(28-3)13-12-16-21(14)27-22(24-16)15-8-4-5-9-17(15)26-19-11-7-6-10-18(19)25(2)23(26)27/h4-13H,1-3H3/q+1. The largest absolute Gasteiger partial charge is 0.496 e. The second-order valence-electron chi connectivity index (χ2n) is 7.23. The molecule has 0 fully saturated rings. The second-order valence-corrected chi connectivity index (χ2v) is 7.23. The van der Waals surface area contributed by atoms with Crippen LogP contribution in [0.2, 0.25) is 0 Å². The summed E-state index contributed by atoms with van der Waals surface area (Å²) in [5.74, 6) is 1.95. The number of benzene rings is 3. The predicted octanol–water partition coefficient (Wildman–Crippen LogP) is 4.19. The maximum atomic E-state index is 5.61. The van der Waals surface area contributed by atoms with E-state index >= 15 is 0 Å². The Morgan fingerprint density at radius 1 is 0.893 bits per heavy atom. The van der Waals surface area contributed by atoms with E-state index in [1.54, 1.807) is 7.11 Å². The van der Waals surface area contributed by atoms with Crippen LogP contribution in [0.5, 0.6) is 5.75 Å². The Labute approximate surface area is 161 Å². The Kier molecular flexibility index (Phi) is 2.88. The van der Waals surface area contributed by atoms with Gasteiger partial charge in [0.15, 0.2) is 0 Å². The summed E-state index contributed by atoms with van der Waals surface area (Å²) in [7, 11) is 3.83. The quantitative estimate of drug-likeness (QED) is 0.409. The Hall–Kier alpha value is -3.60. The van der Waals surface area contributed by atoms with E-state index in [1.165, 1.54) is 11.0 Å². The highest BCUT2D eigenvalue weighted by atomic mass is 16.5. The van der Waals surface area contributed by atoms with Crippen molar-refractivity contribution in [2.45, 2.75) is 6.92 Å². The Bertz CT molecular complexity index is 1570. The average molecular weight is 367 g/mol. The molecule has 0 atom stereocenters. The zero-order valence-corrected chi connectivity index (χ0v) is 16.0. The number of hydrogen-bond donors (Lipinski definition) is 0. The van der Waals surface area contributed by atoms with Crippen LogP contribution in [0, 0.1) is 6.92 Å². The van der Waals surface area contributed by atoms with E-state index in [0.29, 0.717) is 0 Å². The number of fused-ring (bicyclic) bond motifs is 10. The molecule has 3 aromatic carbocycles. The van der Waals surface area contributed by atoms with Gasteiger partial charge < -0.3 is 4.74 Å². The van der Waals surface area contributed by atoms with Gasteiger partial charge >= 0.3 is 5.78 Å². The molecule has 0 saturated carbocycles. The SMILES string of the molecule is COc1ccc2nc3c4ccccc4n4c5ccccc5[n+](C)c4n3c2c1C. The van der Waals surface area contributed by atoms with E-state index in [2.05, 4.69) is 75.9 Å². The van der Waals surface area contributed by atoms with Crippen LogP contribution in [-0.4, -0.2) is 20.9 Å². The third-order valence-electron chi connectivity index (χ3n) is 5.81. The summed E-state index contributed by atoms with van der Waals surface area (Å²) >= 11 is 0. The molecule has 0 radical (unpaired) electrons. The van der Waals surface area contributed by atoms with Gasteiger partial charge in [0.05, 0.1) is 19.5 Å². The maximum absolute atomic E-state index is 5.61. The lowest BCUT2D eigenvalue weighted by Gasteiger charge is -2.05. The van der Waals surface area contributed by atoms with Crippen LogP contribution in [0.1, 0.15) is 5.56 Å². The minimum atomic E-state index is 0.874. The minimum Gasteiger partial charge on any atom is -0.496 e. The first kappa shape index (κ1) is 15.5. The van der Waals surface area contributed by atoms with Crippen molar-refractivity contribution < 1.29 is 9.30 Å². The maximum Gasteiger partial charge on any atom is 0.377 e. The van der Waals surface area contributed by atoms with Crippen molar-refractivity contribution in [2.24, 2.45) is 7.05 Å². The van der Waals surface area contributed by atoms with E-state index < -0.39 is 0 Å². The lowest BCUT2D eigenvalue weighted by atomic mass is 10.2. The number of aryl methyl sites for hydroxylation is 2. The number of methoxy groups -OCH3 is 1.